The standard InChI is InChI=1S/C24H26N4O3/c1-17-6-8-18(9-7-17)16-27-13-14-28(21-5-4-12-25-23(21)27)24(29)26-20-15-19(30-2)10-11-22(20)31-3/h4-12,15H,13-14,16H2,1-3H3,(H,26,29). The van der Waals surface area contributed by atoms with E-state index in [0.717, 1.165) is 18.1 Å². The molecule has 2 amide bonds. The van der Waals surface area contributed by atoms with Gasteiger partial charge in [-0.1, -0.05) is 29.8 Å². The van der Waals surface area contributed by atoms with Crippen molar-refractivity contribution in [2.24, 2.45) is 0 Å². The largest absolute Gasteiger partial charge is 0.497 e. The van der Waals surface area contributed by atoms with Gasteiger partial charge in [-0.3, -0.25) is 4.90 Å². The Kier molecular flexibility index (Phi) is 5.93. The second kappa shape index (κ2) is 8.95. The van der Waals surface area contributed by atoms with Crippen molar-refractivity contribution >= 4 is 23.2 Å². The summed E-state index contributed by atoms with van der Waals surface area (Å²) in [6.45, 7) is 4.04. The molecule has 160 valence electrons. The van der Waals surface area contributed by atoms with Crippen LogP contribution in [0.5, 0.6) is 11.5 Å². The second-order valence-electron chi connectivity index (χ2n) is 7.40. The Hall–Kier alpha value is -3.74. The highest BCUT2D eigenvalue weighted by molar-refractivity contribution is 6.04. The van der Waals surface area contributed by atoms with Gasteiger partial charge in [-0.15, -0.1) is 0 Å². The normalized spacial score (nSPS) is 12.9. The molecule has 1 aliphatic heterocycles. The number of aromatic nitrogens is 1. The number of fused-ring (bicyclic) bond motifs is 1. The number of hydrogen-bond donors (Lipinski definition) is 1. The summed E-state index contributed by atoms with van der Waals surface area (Å²) in [6.07, 6.45) is 1.76. The van der Waals surface area contributed by atoms with Gasteiger partial charge < -0.3 is 19.7 Å². The molecule has 4 rings (SSSR count). The van der Waals surface area contributed by atoms with E-state index in [2.05, 4.69) is 46.4 Å². The minimum atomic E-state index is -0.240. The van der Waals surface area contributed by atoms with Crippen molar-refractivity contribution in [3.05, 3.63) is 71.9 Å². The molecule has 7 heteroatoms. The highest BCUT2D eigenvalue weighted by Crippen LogP contribution is 2.34. The summed E-state index contributed by atoms with van der Waals surface area (Å²) in [7, 11) is 3.16. The molecule has 0 spiro atoms. The van der Waals surface area contributed by atoms with Crippen molar-refractivity contribution in [2.45, 2.75) is 13.5 Å². The number of amides is 2. The molecule has 1 aliphatic rings. The first kappa shape index (κ1) is 20.5. The number of pyridine rings is 1. The topological polar surface area (TPSA) is 66.9 Å². The zero-order valence-electron chi connectivity index (χ0n) is 18.0. The fourth-order valence-electron chi connectivity index (χ4n) is 3.66. The molecular formula is C24H26N4O3. The molecule has 1 aromatic heterocycles. The third-order valence-electron chi connectivity index (χ3n) is 5.34. The molecule has 0 bridgehead atoms. The first-order valence-corrected chi connectivity index (χ1v) is 10.1. The number of benzene rings is 2. The predicted octanol–water partition coefficient (Wildman–Crippen LogP) is 4.47. The smallest absolute Gasteiger partial charge is 0.326 e. The number of ether oxygens (including phenoxy) is 2. The van der Waals surface area contributed by atoms with Gasteiger partial charge in [0.2, 0.25) is 0 Å². The van der Waals surface area contributed by atoms with E-state index in [4.69, 9.17) is 9.47 Å². The zero-order valence-corrected chi connectivity index (χ0v) is 18.0. The van der Waals surface area contributed by atoms with Gasteiger partial charge in [0.1, 0.15) is 11.5 Å². The number of hydrogen-bond acceptors (Lipinski definition) is 5. The van der Waals surface area contributed by atoms with E-state index in [9.17, 15) is 4.79 Å². The summed E-state index contributed by atoms with van der Waals surface area (Å²) < 4.78 is 10.7. The van der Waals surface area contributed by atoms with E-state index in [-0.39, 0.29) is 6.03 Å². The monoisotopic (exact) mass is 418 g/mol. The van der Waals surface area contributed by atoms with Gasteiger partial charge in [0, 0.05) is 31.9 Å². The summed E-state index contributed by atoms with van der Waals surface area (Å²) in [4.78, 5) is 21.7. The molecule has 0 unspecified atom stereocenters. The van der Waals surface area contributed by atoms with Crippen LogP contribution in [0, 0.1) is 6.92 Å². The number of aryl methyl sites for hydroxylation is 1. The molecular weight excluding hydrogens is 392 g/mol. The van der Waals surface area contributed by atoms with Gasteiger partial charge in [0.25, 0.3) is 0 Å². The molecule has 2 heterocycles. The van der Waals surface area contributed by atoms with Gasteiger partial charge in [0.05, 0.1) is 25.6 Å². The van der Waals surface area contributed by atoms with Crippen LogP contribution in [0.25, 0.3) is 0 Å². The molecule has 0 saturated heterocycles. The maximum absolute atomic E-state index is 13.2. The van der Waals surface area contributed by atoms with E-state index in [1.165, 1.54) is 11.1 Å². The van der Waals surface area contributed by atoms with E-state index in [0.29, 0.717) is 30.3 Å². The molecule has 0 fully saturated rings. The van der Waals surface area contributed by atoms with Crippen LogP contribution in [0.3, 0.4) is 0 Å². The Balaban J connectivity index is 1.57. The lowest BCUT2D eigenvalue weighted by Gasteiger charge is -2.36. The molecule has 3 aromatic rings. The average Bonchev–Trinajstić information content (AvgIpc) is 2.80. The summed E-state index contributed by atoms with van der Waals surface area (Å²) in [5.74, 6) is 2.00. The molecule has 0 atom stereocenters. The van der Waals surface area contributed by atoms with E-state index in [1.54, 1.807) is 43.5 Å². The third-order valence-corrected chi connectivity index (χ3v) is 5.34. The minimum absolute atomic E-state index is 0.240. The Bertz CT molecular complexity index is 1070. The van der Waals surface area contributed by atoms with Gasteiger partial charge >= 0.3 is 6.03 Å². The lowest BCUT2D eigenvalue weighted by molar-refractivity contribution is 0.256. The second-order valence-corrected chi connectivity index (χ2v) is 7.40. The fourth-order valence-corrected chi connectivity index (χ4v) is 3.66. The Morgan fingerprint density at radius 2 is 1.87 bits per heavy atom. The fraction of sp³-hybridized carbons (Fsp3) is 0.250. The predicted molar refractivity (Wildman–Crippen MR) is 122 cm³/mol. The van der Waals surface area contributed by atoms with E-state index < -0.39 is 0 Å². The van der Waals surface area contributed by atoms with Gasteiger partial charge in [-0.25, -0.2) is 9.78 Å². The first-order chi connectivity index (χ1) is 15.1. The molecule has 0 saturated carbocycles. The SMILES string of the molecule is COc1ccc(OC)c(NC(=O)N2CCN(Cc3ccc(C)cc3)c3ncccc32)c1. The van der Waals surface area contributed by atoms with Gasteiger partial charge in [0.15, 0.2) is 5.82 Å². The van der Waals surface area contributed by atoms with E-state index in [1.807, 2.05) is 12.1 Å². The van der Waals surface area contributed by atoms with Gasteiger partial charge in [-0.2, -0.15) is 0 Å². The number of urea groups is 1. The van der Waals surface area contributed by atoms with Crippen molar-refractivity contribution in [3.8, 4) is 11.5 Å². The lowest BCUT2D eigenvalue weighted by atomic mass is 10.1. The van der Waals surface area contributed by atoms with Crippen LogP contribution >= 0.6 is 0 Å². The van der Waals surface area contributed by atoms with Crippen LogP contribution in [-0.2, 0) is 6.54 Å². The number of nitrogens with one attached hydrogen (secondary N) is 1. The van der Waals surface area contributed by atoms with Crippen molar-refractivity contribution < 1.29 is 14.3 Å². The van der Waals surface area contributed by atoms with Crippen molar-refractivity contribution in [3.63, 3.8) is 0 Å². The van der Waals surface area contributed by atoms with Crippen molar-refractivity contribution in [1.82, 2.24) is 4.98 Å². The number of carbonyl (C=O) groups excluding carboxylic acids is 1. The van der Waals surface area contributed by atoms with Crippen LogP contribution in [0.4, 0.5) is 22.0 Å². The maximum atomic E-state index is 13.2. The molecule has 7 nitrogen and oxygen atoms in total. The van der Waals surface area contributed by atoms with E-state index >= 15 is 0 Å². The number of nitrogens with zero attached hydrogens (tertiary/aromatic N) is 3. The Morgan fingerprint density at radius 3 is 2.61 bits per heavy atom. The quantitative estimate of drug-likeness (QED) is 0.662. The molecule has 31 heavy (non-hydrogen) atoms. The molecule has 1 N–H and O–H groups in total. The summed E-state index contributed by atoms with van der Waals surface area (Å²) in [5, 5.41) is 2.95. The van der Waals surface area contributed by atoms with Crippen molar-refractivity contribution in [1.29, 1.82) is 0 Å². The Labute approximate surface area is 182 Å². The Morgan fingerprint density at radius 1 is 1.06 bits per heavy atom. The number of carbonyl (C=O) groups is 1. The van der Waals surface area contributed by atoms with Crippen LogP contribution in [0.1, 0.15) is 11.1 Å². The molecule has 2 aromatic carbocycles. The van der Waals surface area contributed by atoms with Gasteiger partial charge in [-0.05, 0) is 36.8 Å². The third kappa shape index (κ3) is 4.40. The number of methoxy groups -OCH3 is 2. The number of anilines is 3. The van der Waals surface area contributed by atoms with Crippen molar-refractivity contribution in [2.75, 3.05) is 42.4 Å². The molecule has 0 aliphatic carbocycles. The summed E-state index contributed by atoms with van der Waals surface area (Å²) in [6, 6.07) is 17.3. The zero-order chi connectivity index (χ0) is 21.8. The first-order valence-electron chi connectivity index (χ1n) is 10.1. The average molecular weight is 418 g/mol. The highest BCUT2D eigenvalue weighted by Gasteiger charge is 2.28. The van der Waals surface area contributed by atoms with Crippen LogP contribution < -0.4 is 24.6 Å². The minimum Gasteiger partial charge on any atom is -0.497 e. The van der Waals surface area contributed by atoms with Crippen LogP contribution in [-0.4, -0.2) is 38.3 Å². The van der Waals surface area contributed by atoms with Crippen LogP contribution in [0.15, 0.2) is 60.8 Å². The lowest BCUT2D eigenvalue weighted by Crippen LogP contribution is -2.46. The summed E-state index contributed by atoms with van der Waals surface area (Å²) in [5.41, 5.74) is 3.78. The van der Waals surface area contributed by atoms with Crippen LogP contribution in [0.2, 0.25) is 0 Å². The highest BCUT2D eigenvalue weighted by atomic mass is 16.5. The maximum Gasteiger partial charge on any atom is 0.326 e. The number of rotatable bonds is 5. The molecule has 0 radical (unpaired) electrons. The summed E-state index contributed by atoms with van der Waals surface area (Å²) >= 11 is 0.